The minimum absolute atomic E-state index is 0.0402. The van der Waals surface area contributed by atoms with Gasteiger partial charge in [-0.05, 0) is 60.9 Å². The number of hydrogen-bond donors (Lipinski definition) is 2. The number of amides is 3. The van der Waals surface area contributed by atoms with Crippen LogP contribution in [0.2, 0.25) is 5.02 Å². The zero-order valence-electron chi connectivity index (χ0n) is 18.9. The van der Waals surface area contributed by atoms with Crippen LogP contribution in [-0.2, 0) is 17.7 Å². The van der Waals surface area contributed by atoms with Gasteiger partial charge in [0.2, 0.25) is 0 Å². The number of halogens is 1. The second kappa shape index (κ2) is 9.97. The van der Waals surface area contributed by atoms with Crippen molar-refractivity contribution in [2.24, 2.45) is 0 Å². The first-order valence-corrected chi connectivity index (χ1v) is 11.2. The molecular weight excluding hydrogens is 454 g/mol. The number of carbonyl (C=O) groups excluding carboxylic acids is 3. The number of aryl methyl sites for hydroxylation is 1. The van der Waals surface area contributed by atoms with E-state index in [1.54, 1.807) is 11.0 Å². The molecule has 0 aromatic heterocycles. The summed E-state index contributed by atoms with van der Waals surface area (Å²) in [5.41, 5.74) is 4.93. The first-order chi connectivity index (χ1) is 16.4. The predicted octanol–water partition coefficient (Wildman–Crippen LogP) is 4.96. The lowest BCUT2D eigenvalue weighted by atomic mass is 10.1. The molecular formula is C26H24ClN3O4. The van der Waals surface area contributed by atoms with Crippen LogP contribution < -0.4 is 15.5 Å². The van der Waals surface area contributed by atoms with Crippen molar-refractivity contribution >= 4 is 40.9 Å². The lowest BCUT2D eigenvalue weighted by molar-refractivity contribution is 0.0601. The van der Waals surface area contributed by atoms with Crippen LogP contribution in [0.25, 0.3) is 0 Å². The summed E-state index contributed by atoms with van der Waals surface area (Å²) in [5, 5.41) is 5.79. The topological polar surface area (TPSA) is 87.7 Å². The van der Waals surface area contributed by atoms with Crippen LogP contribution in [0.5, 0.6) is 0 Å². The third-order valence-electron chi connectivity index (χ3n) is 5.64. The molecule has 3 amide bonds. The molecule has 34 heavy (non-hydrogen) atoms. The van der Waals surface area contributed by atoms with Gasteiger partial charge in [-0.2, -0.15) is 0 Å². The van der Waals surface area contributed by atoms with Crippen molar-refractivity contribution in [2.75, 3.05) is 23.9 Å². The van der Waals surface area contributed by atoms with E-state index >= 15 is 0 Å². The zero-order chi connectivity index (χ0) is 24.2. The fourth-order valence-corrected chi connectivity index (χ4v) is 4.11. The molecule has 3 aromatic rings. The average molecular weight is 478 g/mol. The molecule has 2 N–H and O–H groups in total. The molecule has 0 spiro atoms. The number of fused-ring (bicyclic) bond motifs is 1. The quantitative estimate of drug-likeness (QED) is 0.508. The number of esters is 1. The van der Waals surface area contributed by atoms with E-state index in [-0.39, 0.29) is 23.7 Å². The molecule has 8 heteroatoms. The summed E-state index contributed by atoms with van der Waals surface area (Å²) in [6.45, 7) is 2.81. The van der Waals surface area contributed by atoms with Crippen LogP contribution in [0.15, 0.2) is 60.7 Å². The smallest absolute Gasteiger partial charge is 0.339 e. The summed E-state index contributed by atoms with van der Waals surface area (Å²) in [4.78, 5) is 39.3. The summed E-state index contributed by atoms with van der Waals surface area (Å²) >= 11 is 6.01. The highest BCUT2D eigenvalue weighted by Gasteiger charge is 2.26. The van der Waals surface area contributed by atoms with Crippen LogP contribution in [0.4, 0.5) is 16.2 Å². The fraction of sp³-hybridized carbons (Fsp3) is 0.192. The Morgan fingerprint density at radius 2 is 1.88 bits per heavy atom. The number of benzene rings is 3. The molecule has 0 saturated heterocycles. The maximum absolute atomic E-state index is 13.1. The van der Waals surface area contributed by atoms with Crippen molar-refractivity contribution in [3.63, 3.8) is 0 Å². The van der Waals surface area contributed by atoms with Crippen molar-refractivity contribution in [1.29, 1.82) is 0 Å². The number of ether oxygens (including phenoxy) is 1. The van der Waals surface area contributed by atoms with Crippen LogP contribution in [0.3, 0.4) is 0 Å². The van der Waals surface area contributed by atoms with Gasteiger partial charge in [0.1, 0.15) is 0 Å². The molecule has 4 rings (SSSR count). The van der Waals surface area contributed by atoms with E-state index in [4.69, 9.17) is 16.3 Å². The van der Waals surface area contributed by atoms with E-state index in [0.717, 1.165) is 28.8 Å². The summed E-state index contributed by atoms with van der Waals surface area (Å²) < 4.78 is 4.75. The molecule has 174 valence electrons. The average Bonchev–Trinajstić information content (AvgIpc) is 3.25. The summed E-state index contributed by atoms with van der Waals surface area (Å²) in [5.74, 6) is -0.620. The molecule has 1 heterocycles. The Bertz CT molecular complexity index is 1270. The zero-order valence-corrected chi connectivity index (χ0v) is 19.6. The Morgan fingerprint density at radius 1 is 1.06 bits per heavy atom. The number of carbonyl (C=O) groups is 3. The number of nitrogens with zero attached hydrogens (tertiary/aromatic N) is 1. The Balaban J connectivity index is 1.45. The van der Waals surface area contributed by atoms with Gasteiger partial charge in [0, 0.05) is 29.4 Å². The Labute approximate surface area is 202 Å². The van der Waals surface area contributed by atoms with E-state index < -0.39 is 12.0 Å². The van der Waals surface area contributed by atoms with Crippen LogP contribution >= 0.6 is 11.6 Å². The van der Waals surface area contributed by atoms with Gasteiger partial charge in [0.05, 0.1) is 18.4 Å². The number of rotatable bonds is 5. The SMILES string of the molecule is COC(=O)c1ccc(Cl)cc1NC(=O)NCc1ccc2c(c1)N(C(=O)c1cccc(C)c1)CC2. The highest BCUT2D eigenvalue weighted by Crippen LogP contribution is 2.30. The van der Waals surface area contributed by atoms with E-state index in [2.05, 4.69) is 10.6 Å². The summed E-state index contributed by atoms with van der Waals surface area (Å²) in [7, 11) is 1.27. The third-order valence-corrected chi connectivity index (χ3v) is 5.88. The van der Waals surface area contributed by atoms with Crippen molar-refractivity contribution in [3.8, 4) is 0 Å². The van der Waals surface area contributed by atoms with Crippen LogP contribution in [-0.4, -0.2) is 31.6 Å². The maximum atomic E-state index is 13.1. The molecule has 0 aliphatic carbocycles. The lowest BCUT2D eigenvalue weighted by Gasteiger charge is -2.18. The predicted molar refractivity (Wildman–Crippen MR) is 132 cm³/mol. The molecule has 7 nitrogen and oxygen atoms in total. The fourth-order valence-electron chi connectivity index (χ4n) is 3.94. The monoisotopic (exact) mass is 477 g/mol. The van der Waals surface area contributed by atoms with Crippen LogP contribution in [0.1, 0.15) is 37.4 Å². The van der Waals surface area contributed by atoms with Crippen LogP contribution in [0, 0.1) is 6.92 Å². The van der Waals surface area contributed by atoms with Gasteiger partial charge in [-0.1, -0.05) is 41.4 Å². The van der Waals surface area contributed by atoms with Gasteiger partial charge in [-0.3, -0.25) is 4.79 Å². The number of nitrogens with one attached hydrogen (secondary N) is 2. The minimum Gasteiger partial charge on any atom is -0.465 e. The van der Waals surface area contributed by atoms with Crippen molar-refractivity contribution in [2.45, 2.75) is 19.9 Å². The Hall–Kier alpha value is -3.84. The number of urea groups is 1. The molecule has 1 aliphatic heterocycles. The third kappa shape index (κ3) is 5.05. The second-order valence-electron chi connectivity index (χ2n) is 8.03. The molecule has 0 saturated carbocycles. The van der Waals surface area contributed by atoms with E-state index in [1.807, 2.05) is 49.4 Å². The normalized spacial score (nSPS) is 12.1. The molecule has 0 atom stereocenters. The minimum atomic E-state index is -0.580. The Kier molecular flexibility index (Phi) is 6.84. The van der Waals surface area contributed by atoms with E-state index in [0.29, 0.717) is 17.1 Å². The number of anilines is 2. The van der Waals surface area contributed by atoms with Gasteiger partial charge < -0.3 is 20.3 Å². The highest BCUT2D eigenvalue weighted by molar-refractivity contribution is 6.31. The Morgan fingerprint density at radius 3 is 2.65 bits per heavy atom. The van der Waals surface area contributed by atoms with Gasteiger partial charge in [-0.15, -0.1) is 0 Å². The molecule has 0 unspecified atom stereocenters. The maximum Gasteiger partial charge on any atom is 0.339 e. The van der Waals surface area contributed by atoms with E-state index in [1.165, 1.54) is 19.2 Å². The number of methoxy groups -OCH3 is 1. The molecule has 0 radical (unpaired) electrons. The standard InChI is InChI=1S/C26H24ClN3O4/c1-16-4-3-5-19(12-16)24(31)30-11-10-18-7-6-17(13-23(18)30)15-28-26(33)29-22-14-20(27)8-9-21(22)25(32)34-2/h3-9,12-14H,10-11,15H2,1-2H3,(H2,28,29,33). The largest absolute Gasteiger partial charge is 0.465 e. The lowest BCUT2D eigenvalue weighted by Crippen LogP contribution is -2.30. The van der Waals surface area contributed by atoms with Crippen molar-refractivity contribution in [3.05, 3.63) is 93.5 Å². The molecule has 0 fully saturated rings. The van der Waals surface area contributed by atoms with Gasteiger partial charge >= 0.3 is 12.0 Å². The molecule has 1 aliphatic rings. The van der Waals surface area contributed by atoms with Crippen molar-refractivity contribution in [1.82, 2.24) is 5.32 Å². The number of hydrogen-bond acceptors (Lipinski definition) is 4. The van der Waals surface area contributed by atoms with Crippen molar-refractivity contribution < 1.29 is 19.1 Å². The first kappa shape index (κ1) is 23.3. The first-order valence-electron chi connectivity index (χ1n) is 10.8. The highest BCUT2D eigenvalue weighted by atomic mass is 35.5. The van der Waals surface area contributed by atoms with Gasteiger partial charge in [-0.25, -0.2) is 9.59 Å². The van der Waals surface area contributed by atoms with Gasteiger partial charge in [0.25, 0.3) is 5.91 Å². The van der Waals surface area contributed by atoms with E-state index in [9.17, 15) is 14.4 Å². The molecule has 3 aromatic carbocycles. The molecule has 0 bridgehead atoms. The second-order valence-corrected chi connectivity index (χ2v) is 8.46. The summed E-state index contributed by atoms with van der Waals surface area (Å²) in [6.07, 6.45) is 0.784. The summed E-state index contributed by atoms with van der Waals surface area (Å²) in [6, 6.07) is 17.4. The van der Waals surface area contributed by atoms with Gasteiger partial charge in [0.15, 0.2) is 0 Å².